The molecule has 26 heavy (non-hydrogen) atoms. The van der Waals surface area contributed by atoms with Gasteiger partial charge in [-0.3, -0.25) is 0 Å². The first kappa shape index (κ1) is 18.5. The predicted octanol–water partition coefficient (Wildman–Crippen LogP) is 5.51. The summed E-state index contributed by atoms with van der Waals surface area (Å²) in [4.78, 5) is 3.56. The number of aromatic nitrogens is 2. The van der Waals surface area contributed by atoms with Gasteiger partial charge in [-0.1, -0.05) is 52.0 Å². The molecule has 3 heteroatoms. The molecule has 0 radical (unpaired) electrons. The van der Waals surface area contributed by atoms with E-state index < -0.39 is 0 Å². The normalized spacial score (nSPS) is 11.7. The number of rotatable bonds is 7. The maximum Gasteiger partial charge on any atom is 0.293 e. The van der Waals surface area contributed by atoms with Crippen LogP contribution in [0.3, 0.4) is 0 Å². The minimum Gasteiger partial charge on any atom is -0.481 e. The van der Waals surface area contributed by atoms with Gasteiger partial charge in [0.1, 0.15) is 5.75 Å². The third kappa shape index (κ3) is 4.09. The van der Waals surface area contributed by atoms with Crippen LogP contribution < -0.4 is 9.30 Å². The van der Waals surface area contributed by atoms with E-state index in [2.05, 4.69) is 86.6 Å². The number of H-pyrrole nitrogens is 1. The van der Waals surface area contributed by atoms with Gasteiger partial charge in [0.25, 0.3) is 5.82 Å². The van der Waals surface area contributed by atoms with Crippen molar-refractivity contribution in [1.29, 1.82) is 0 Å². The summed E-state index contributed by atoms with van der Waals surface area (Å²) in [5.41, 5.74) is 4.91. The fourth-order valence-electron chi connectivity index (χ4n) is 3.33. The molecule has 0 atom stereocenters. The first-order chi connectivity index (χ1) is 12.5. The third-order valence-electron chi connectivity index (χ3n) is 4.89. The third-order valence-corrected chi connectivity index (χ3v) is 4.89. The van der Waals surface area contributed by atoms with Gasteiger partial charge in [-0.05, 0) is 54.5 Å². The second-order valence-corrected chi connectivity index (χ2v) is 7.91. The maximum absolute atomic E-state index is 6.29. The fourth-order valence-corrected chi connectivity index (χ4v) is 3.33. The van der Waals surface area contributed by atoms with Crippen molar-refractivity contribution in [2.75, 3.05) is 0 Å². The van der Waals surface area contributed by atoms with E-state index in [0.29, 0.717) is 18.4 Å². The van der Waals surface area contributed by atoms with Gasteiger partial charge in [0.05, 0.1) is 6.54 Å². The molecule has 3 nitrogen and oxygen atoms in total. The molecular formula is C23H31N2O+. The number of nitrogens with zero attached hydrogens (tertiary/aromatic N) is 1. The fraction of sp³-hybridized carbons (Fsp3) is 0.435. The van der Waals surface area contributed by atoms with E-state index in [1.165, 1.54) is 22.2 Å². The summed E-state index contributed by atoms with van der Waals surface area (Å²) in [5, 5.41) is 0. The number of aryl methyl sites for hydroxylation is 2. The highest BCUT2D eigenvalue weighted by atomic mass is 16.5. The molecule has 0 aliphatic heterocycles. The average molecular weight is 352 g/mol. The molecule has 0 fully saturated rings. The topological polar surface area (TPSA) is 28.9 Å². The van der Waals surface area contributed by atoms with Crippen molar-refractivity contribution >= 4 is 11.0 Å². The molecular weight excluding hydrogens is 320 g/mol. The molecule has 1 aromatic heterocycles. The number of para-hydroxylation sites is 2. The molecule has 3 rings (SSSR count). The lowest BCUT2D eigenvalue weighted by Gasteiger charge is -2.14. The molecule has 1 N–H and O–H groups in total. The summed E-state index contributed by atoms with van der Waals surface area (Å²) in [6.45, 7) is 12.6. The van der Waals surface area contributed by atoms with Gasteiger partial charge in [-0.25, -0.2) is 9.55 Å². The van der Waals surface area contributed by atoms with Crippen LogP contribution in [0.1, 0.15) is 57.0 Å². The van der Waals surface area contributed by atoms with E-state index in [4.69, 9.17) is 4.74 Å². The van der Waals surface area contributed by atoms with Crippen LogP contribution in [-0.2, 0) is 13.2 Å². The van der Waals surface area contributed by atoms with E-state index in [1.807, 2.05) is 0 Å². The summed E-state index contributed by atoms with van der Waals surface area (Å²) in [6, 6.07) is 15.0. The number of imidazole rings is 1. The molecule has 0 unspecified atom stereocenters. The van der Waals surface area contributed by atoms with E-state index in [1.54, 1.807) is 0 Å². The average Bonchev–Trinajstić information content (AvgIpc) is 2.95. The van der Waals surface area contributed by atoms with Crippen LogP contribution in [0.25, 0.3) is 11.0 Å². The number of hydrogen-bond donors (Lipinski definition) is 1. The van der Waals surface area contributed by atoms with Crippen molar-refractivity contribution in [2.24, 2.45) is 5.92 Å². The predicted molar refractivity (Wildman–Crippen MR) is 108 cm³/mol. The number of nitrogens with one attached hydrogen (secondary N) is 1. The van der Waals surface area contributed by atoms with Crippen molar-refractivity contribution < 1.29 is 9.30 Å². The molecule has 138 valence electrons. The van der Waals surface area contributed by atoms with Crippen molar-refractivity contribution in [3.63, 3.8) is 0 Å². The van der Waals surface area contributed by atoms with Gasteiger partial charge in [-0.2, -0.15) is 0 Å². The van der Waals surface area contributed by atoms with E-state index in [0.717, 1.165) is 24.5 Å². The molecule has 1 heterocycles. The zero-order valence-corrected chi connectivity index (χ0v) is 16.7. The monoisotopic (exact) mass is 351 g/mol. The van der Waals surface area contributed by atoms with Crippen molar-refractivity contribution in [2.45, 2.75) is 60.1 Å². The number of aromatic amines is 1. The highest BCUT2D eigenvalue weighted by Gasteiger charge is 2.19. The number of ether oxygens (including phenoxy) is 1. The van der Waals surface area contributed by atoms with Crippen LogP contribution in [0.5, 0.6) is 5.75 Å². The Morgan fingerprint density at radius 1 is 1.04 bits per heavy atom. The molecule has 0 amide bonds. The molecule has 0 saturated heterocycles. The van der Waals surface area contributed by atoms with Crippen LogP contribution in [0.4, 0.5) is 0 Å². The zero-order chi connectivity index (χ0) is 18.7. The lowest BCUT2D eigenvalue weighted by atomic mass is 10.0. The zero-order valence-electron chi connectivity index (χ0n) is 16.7. The summed E-state index contributed by atoms with van der Waals surface area (Å²) in [5.74, 6) is 3.24. The maximum atomic E-state index is 6.29. The molecule has 0 aliphatic rings. The Hall–Kier alpha value is -2.29. The summed E-state index contributed by atoms with van der Waals surface area (Å²) >= 11 is 0. The standard InChI is InChI=1S/C23H30N2O/c1-16(2)12-13-25-21-9-7-6-8-20(21)24-23(25)15-26-22-14-18(5)10-11-19(22)17(3)4/h6-11,14,16-17H,12-13,15H2,1-5H3/p+1. The Labute approximate surface area is 157 Å². The van der Waals surface area contributed by atoms with Gasteiger partial charge in [0.2, 0.25) is 0 Å². The van der Waals surface area contributed by atoms with Gasteiger partial charge in [-0.15, -0.1) is 0 Å². The lowest BCUT2D eigenvalue weighted by molar-refractivity contribution is -0.681. The quantitative estimate of drug-likeness (QED) is 0.559. The first-order valence-corrected chi connectivity index (χ1v) is 9.68. The minimum atomic E-state index is 0.446. The van der Waals surface area contributed by atoms with Crippen LogP contribution in [0.15, 0.2) is 42.5 Å². The van der Waals surface area contributed by atoms with Crippen LogP contribution in [0, 0.1) is 12.8 Å². The van der Waals surface area contributed by atoms with Crippen molar-refractivity contribution in [1.82, 2.24) is 4.98 Å². The highest BCUT2D eigenvalue weighted by Crippen LogP contribution is 2.28. The molecule has 0 saturated carbocycles. The second-order valence-electron chi connectivity index (χ2n) is 7.91. The molecule has 0 aliphatic carbocycles. The summed E-state index contributed by atoms with van der Waals surface area (Å²) in [6.07, 6.45) is 1.15. The molecule has 3 aromatic rings. The smallest absolute Gasteiger partial charge is 0.293 e. The van der Waals surface area contributed by atoms with Crippen molar-refractivity contribution in [3.05, 3.63) is 59.4 Å². The first-order valence-electron chi connectivity index (χ1n) is 9.68. The summed E-state index contributed by atoms with van der Waals surface area (Å²) in [7, 11) is 0. The van der Waals surface area contributed by atoms with E-state index in [-0.39, 0.29) is 0 Å². The second kappa shape index (κ2) is 7.94. The molecule has 0 bridgehead atoms. The number of hydrogen-bond acceptors (Lipinski definition) is 1. The van der Waals surface area contributed by atoms with Gasteiger partial charge in [0.15, 0.2) is 17.6 Å². The molecule has 2 aromatic carbocycles. The Balaban J connectivity index is 1.89. The Morgan fingerprint density at radius 3 is 2.54 bits per heavy atom. The van der Waals surface area contributed by atoms with Crippen molar-refractivity contribution in [3.8, 4) is 5.75 Å². The Bertz CT molecular complexity index is 877. The van der Waals surface area contributed by atoms with Crippen LogP contribution in [-0.4, -0.2) is 4.98 Å². The SMILES string of the molecule is Cc1ccc(C(C)C)c(OCc2[nH]c3ccccc3[n+]2CCC(C)C)c1. The molecule has 0 spiro atoms. The Kier molecular flexibility index (Phi) is 5.65. The van der Waals surface area contributed by atoms with Gasteiger partial charge >= 0.3 is 0 Å². The van der Waals surface area contributed by atoms with Crippen LogP contribution in [0.2, 0.25) is 0 Å². The number of benzene rings is 2. The Morgan fingerprint density at radius 2 is 1.81 bits per heavy atom. The van der Waals surface area contributed by atoms with Crippen LogP contribution >= 0.6 is 0 Å². The summed E-state index contributed by atoms with van der Waals surface area (Å²) < 4.78 is 8.67. The minimum absolute atomic E-state index is 0.446. The van der Waals surface area contributed by atoms with E-state index in [9.17, 15) is 0 Å². The van der Waals surface area contributed by atoms with E-state index >= 15 is 0 Å². The number of fused-ring (bicyclic) bond motifs is 1. The van der Waals surface area contributed by atoms with Gasteiger partial charge in [0, 0.05) is 0 Å². The van der Waals surface area contributed by atoms with Gasteiger partial charge < -0.3 is 4.74 Å². The lowest BCUT2D eigenvalue weighted by Crippen LogP contribution is -2.38. The largest absolute Gasteiger partial charge is 0.481 e. The highest BCUT2D eigenvalue weighted by molar-refractivity contribution is 5.71.